The lowest BCUT2D eigenvalue weighted by molar-refractivity contribution is 0.0891. The van der Waals surface area contributed by atoms with Gasteiger partial charge in [0.1, 0.15) is 5.52 Å². The van der Waals surface area contributed by atoms with Crippen molar-refractivity contribution in [2.45, 2.75) is 63.5 Å². The first-order chi connectivity index (χ1) is 17.5. The zero-order valence-corrected chi connectivity index (χ0v) is 22.1. The van der Waals surface area contributed by atoms with Gasteiger partial charge in [0, 0.05) is 23.6 Å². The normalized spacial score (nSPS) is 19.9. The predicted octanol–water partition coefficient (Wildman–Crippen LogP) is 6.63. The fourth-order valence-electron chi connectivity index (χ4n) is 5.12. The second-order valence-electron chi connectivity index (χ2n) is 10.1. The zero-order valence-electron chi connectivity index (χ0n) is 21.3. The number of hydrogen-bond acceptors (Lipinski definition) is 4. The largest absolute Gasteiger partial charge is 0.349 e. The SMILES string of the molecule is Cc1cccc(CSc2nc3cccnc3n2Cc2ccc(C(=O)N[C@@H]3CCC[C@@H](C)[C@H]3C)cc2)c1. The average Bonchev–Trinajstić information content (AvgIpc) is 3.23. The number of benzene rings is 2. The average molecular weight is 499 g/mol. The van der Waals surface area contributed by atoms with Crippen molar-refractivity contribution in [3.8, 4) is 0 Å². The number of carbonyl (C=O) groups excluding carboxylic acids is 1. The van der Waals surface area contributed by atoms with E-state index in [1.807, 2.05) is 42.6 Å². The van der Waals surface area contributed by atoms with Crippen molar-refractivity contribution in [3.05, 3.63) is 89.1 Å². The van der Waals surface area contributed by atoms with E-state index in [0.29, 0.717) is 23.9 Å². The Kier molecular flexibility index (Phi) is 7.42. The number of carbonyl (C=O) groups is 1. The van der Waals surface area contributed by atoms with Gasteiger partial charge in [0.25, 0.3) is 5.91 Å². The number of rotatable bonds is 7. The molecule has 1 saturated carbocycles. The first-order valence-corrected chi connectivity index (χ1v) is 13.9. The van der Waals surface area contributed by atoms with Gasteiger partial charge in [-0.2, -0.15) is 0 Å². The molecule has 4 aromatic rings. The summed E-state index contributed by atoms with van der Waals surface area (Å²) < 4.78 is 2.18. The highest BCUT2D eigenvalue weighted by Gasteiger charge is 2.28. The van der Waals surface area contributed by atoms with Gasteiger partial charge in [0.15, 0.2) is 10.8 Å². The molecule has 0 radical (unpaired) electrons. The number of hydrogen-bond donors (Lipinski definition) is 1. The van der Waals surface area contributed by atoms with E-state index in [-0.39, 0.29) is 11.9 Å². The van der Waals surface area contributed by atoms with Crippen LogP contribution in [0, 0.1) is 18.8 Å². The number of fused-ring (bicyclic) bond motifs is 1. The molecule has 186 valence electrons. The van der Waals surface area contributed by atoms with Crippen LogP contribution >= 0.6 is 11.8 Å². The monoisotopic (exact) mass is 498 g/mol. The molecule has 1 aliphatic carbocycles. The molecule has 1 N–H and O–H groups in total. The Balaban J connectivity index is 1.31. The van der Waals surface area contributed by atoms with E-state index in [2.05, 4.69) is 59.9 Å². The fourth-order valence-corrected chi connectivity index (χ4v) is 6.07. The van der Waals surface area contributed by atoms with Crippen LogP contribution in [-0.4, -0.2) is 26.5 Å². The Morgan fingerprint density at radius 2 is 1.89 bits per heavy atom. The van der Waals surface area contributed by atoms with Crippen molar-refractivity contribution in [2.75, 3.05) is 0 Å². The Bertz CT molecular complexity index is 1350. The third-order valence-electron chi connectivity index (χ3n) is 7.50. The summed E-state index contributed by atoms with van der Waals surface area (Å²) in [5, 5.41) is 4.23. The molecule has 0 unspecified atom stereocenters. The van der Waals surface area contributed by atoms with Crippen molar-refractivity contribution in [3.63, 3.8) is 0 Å². The molecule has 2 aromatic heterocycles. The summed E-state index contributed by atoms with van der Waals surface area (Å²) in [7, 11) is 0. The first kappa shape index (κ1) is 24.6. The van der Waals surface area contributed by atoms with Crippen LogP contribution in [0.25, 0.3) is 11.2 Å². The number of amides is 1. The molecule has 3 atom stereocenters. The van der Waals surface area contributed by atoms with E-state index < -0.39 is 0 Å². The van der Waals surface area contributed by atoms with Crippen LogP contribution in [0.4, 0.5) is 0 Å². The highest BCUT2D eigenvalue weighted by atomic mass is 32.2. The van der Waals surface area contributed by atoms with Gasteiger partial charge in [-0.25, -0.2) is 9.97 Å². The van der Waals surface area contributed by atoms with Crippen molar-refractivity contribution >= 4 is 28.8 Å². The summed E-state index contributed by atoms with van der Waals surface area (Å²) in [5.74, 6) is 2.04. The summed E-state index contributed by atoms with van der Waals surface area (Å²) in [6.07, 6.45) is 5.33. The molecule has 1 aliphatic rings. The van der Waals surface area contributed by atoms with Crippen LogP contribution in [0.15, 0.2) is 72.0 Å². The van der Waals surface area contributed by atoms with E-state index in [0.717, 1.165) is 34.1 Å². The van der Waals surface area contributed by atoms with Gasteiger partial charge in [-0.1, -0.05) is 80.4 Å². The summed E-state index contributed by atoms with van der Waals surface area (Å²) in [6, 6.07) is 20.8. The summed E-state index contributed by atoms with van der Waals surface area (Å²) in [5.41, 5.74) is 6.16. The van der Waals surface area contributed by atoms with Gasteiger partial charge in [-0.05, 0) is 60.6 Å². The number of nitrogens with zero attached hydrogens (tertiary/aromatic N) is 3. The molecule has 0 bridgehead atoms. The Hall–Kier alpha value is -3.12. The molecule has 1 amide bonds. The summed E-state index contributed by atoms with van der Waals surface area (Å²) in [4.78, 5) is 22.4. The number of aromatic nitrogens is 3. The minimum absolute atomic E-state index is 0.0247. The predicted molar refractivity (Wildman–Crippen MR) is 147 cm³/mol. The van der Waals surface area contributed by atoms with Gasteiger partial charge in [-0.15, -0.1) is 0 Å². The van der Waals surface area contributed by atoms with Gasteiger partial charge < -0.3 is 5.32 Å². The van der Waals surface area contributed by atoms with Crippen molar-refractivity contribution in [1.29, 1.82) is 0 Å². The van der Waals surface area contributed by atoms with E-state index in [4.69, 9.17) is 4.98 Å². The highest BCUT2D eigenvalue weighted by molar-refractivity contribution is 7.98. The number of imidazole rings is 1. The van der Waals surface area contributed by atoms with Crippen molar-refractivity contribution in [2.24, 2.45) is 11.8 Å². The van der Waals surface area contributed by atoms with Crippen LogP contribution in [0.2, 0.25) is 0 Å². The number of pyridine rings is 1. The van der Waals surface area contributed by atoms with Gasteiger partial charge in [-0.3, -0.25) is 9.36 Å². The Morgan fingerprint density at radius 1 is 1.06 bits per heavy atom. The maximum atomic E-state index is 12.9. The summed E-state index contributed by atoms with van der Waals surface area (Å²) >= 11 is 1.73. The third kappa shape index (κ3) is 5.49. The topological polar surface area (TPSA) is 59.8 Å². The second-order valence-corrected chi connectivity index (χ2v) is 11.1. The molecule has 0 saturated heterocycles. The highest BCUT2D eigenvalue weighted by Crippen LogP contribution is 2.30. The van der Waals surface area contributed by atoms with Gasteiger partial charge >= 0.3 is 0 Å². The van der Waals surface area contributed by atoms with Crippen molar-refractivity contribution < 1.29 is 4.79 Å². The van der Waals surface area contributed by atoms with Crippen LogP contribution < -0.4 is 5.32 Å². The maximum Gasteiger partial charge on any atom is 0.251 e. The van der Waals surface area contributed by atoms with Gasteiger partial charge in [0.2, 0.25) is 0 Å². The standard InChI is InChI=1S/C30H34N4OS/c1-20-7-4-9-24(17-20)19-36-30-33-27-11-6-16-31-28(27)34(30)18-23-12-14-25(15-13-23)29(35)32-26-10-5-8-21(2)22(26)3/h4,6-7,9,11-17,21-22,26H,5,8,10,18-19H2,1-3H3,(H,32,35)/t21-,22-,26-/m1/s1. The minimum atomic E-state index is 0.0247. The molecule has 5 rings (SSSR count). The second kappa shape index (κ2) is 10.9. The van der Waals surface area contributed by atoms with Crippen LogP contribution in [0.1, 0.15) is 60.2 Å². The first-order valence-electron chi connectivity index (χ1n) is 12.9. The molecule has 2 aromatic carbocycles. The smallest absolute Gasteiger partial charge is 0.251 e. The van der Waals surface area contributed by atoms with E-state index in [1.54, 1.807) is 11.8 Å². The van der Waals surface area contributed by atoms with Crippen LogP contribution in [0.3, 0.4) is 0 Å². The van der Waals surface area contributed by atoms with Crippen molar-refractivity contribution in [1.82, 2.24) is 19.9 Å². The molecule has 0 aliphatic heterocycles. The maximum absolute atomic E-state index is 12.9. The molecular formula is C30H34N4OS. The van der Waals surface area contributed by atoms with Crippen LogP contribution in [-0.2, 0) is 12.3 Å². The van der Waals surface area contributed by atoms with E-state index in [1.165, 1.54) is 24.0 Å². The minimum Gasteiger partial charge on any atom is -0.349 e. The number of thioether (sulfide) groups is 1. The van der Waals surface area contributed by atoms with Crippen LogP contribution in [0.5, 0.6) is 0 Å². The Labute approximate surface area is 217 Å². The van der Waals surface area contributed by atoms with E-state index in [9.17, 15) is 4.79 Å². The fraction of sp³-hybridized carbons (Fsp3) is 0.367. The molecule has 2 heterocycles. The molecule has 36 heavy (non-hydrogen) atoms. The van der Waals surface area contributed by atoms with E-state index >= 15 is 0 Å². The molecule has 1 fully saturated rings. The lowest BCUT2D eigenvalue weighted by atomic mass is 9.78. The Morgan fingerprint density at radius 3 is 2.69 bits per heavy atom. The number of nitrogens with one attached hydrogen (secondary N) is 1. The third-order valence-corrected chi connectivity index (χ3v) is 8.55. The lowest BCUT2D eigenvalue weighted by Crippen LogP contribution is -2.43. The molecule has 5 nitrogen and oxygen atoms in total. The quantitative estimate of drug-likeness (QED) is 0.290. The van der Waals surface area contributed by atoms with Gasteiger partial charge in [0.05, 0.1) is 6.54 Å². The summed E-state index contributed by atoms with van der Waals surface area (Å²) in [6.45, 7) is 7.33. The lowest BCUT2D eigenvalue weighted by Gasteiger charge is -2.34. The zero-order chi connectivity index (χ0) is 25.1. The molecule has 6 heteroatoms. The molecule has 0 spiro atoms. The molecular weight excluding hydrogens is 464 g/mol. The number of aryl methyl sites for hydroxylation is 1.